The van der Waals surface area contributed by atoms with E-state index in [-0.39, 0.29) is 11.9 Å². The molecule has 0 spiro atoms. The van der Waals surface area contributed by atoms with E-state index >= 15 is 0 Å². The molecule has 0 saturated heterocycles. The Morgan fingerprint density at radius 2 is 1.78 bits per heavy atom. The minimum atomic E-state index is -0.402. The molecular formula is C15H24N2O. The molecule has 2 N–H and O–H groups in total. The molecule has 0 aliphatic heterocycles. The number of benzene rings is 1. The molecule has 3 heteroatoms. The number of carbonyl (C=O) groups excluding carboxylic acids is 1. The van der Waals surface area contributed by atoms with Crippen LogP contribution in [0.2, 0.25) is 0 Å². The molecule has 0 aliphatic carbocycles. The van der Waals surface area contributed by atoms with E-state index in [0.717, 1.165) is 12.0 Å². The van der Waals surface area contributed by atoms with Gasteiger partial charge in [0.25, 0.3) is 0 Å². The summed E-state index contributed by atoms with van der Waals surface area (Å²) in [6, 6.07) is 9.65. The first-order valence-corrected chi connectivity index (χ1v) is 6.50. The van der Waals surface area contributed by atoms with Gasteiger partial charge in [0.15, 0.2) is 0 Å². The van der Waals surface area contributed by atoms with Gasteiger partial charge in [-0.2, -0.15) is 0 Å². The van der Waals surface area contributed by atoms with Gasteiger partial charge in [0, 0.05) is 7.05 Å². The van der Waals surface area contributed by atoms with Crippen LogP contribution in [0.1, 0.15) is 38.8 Å². The van der Waals surface area contributed by atoms with E-state index in [1.54, 1.807) is 4.90 Å². The molecule has 1 aromatic carbocycles. The number of likely N-dealkylation sites (N-methyl/N-ethyl adjacent to an activating group) is 1. The molecule has 0 radical (unpaired) electrons. The van der Waals surface area contributed by atoms with Gasteiger partial charge in [0.05, 0.1) is 12.1 Å². The second-order valence-corrected chi connectivity index (χ2v) is 5.27. The molecule has 1 unspecified atom stereocenters. The van der Waals surface area contributed by atoms with Crippen molar-refractivity contribution in [2.75, 3.05) is 7.05 Å². The standard InChI is InChI=1S/C15H24N2O/c1-11(2)10-14(16)15(18)17(4)12(3)13-8-6-5-7-9-13/h5-9,11-12,14H,10,16H2,1-4H3/t12?,14-/m0/s1. The van der Waals surface area contributed by atoms with E-state index in [4.69, 9.17) is 5.73 Å². The summed E-state index contributed by atoms with van der Waals surface area (Å²) in [5.41, 5.74) is 7.07. The van der Waals surface area contributed by atoms with E-state index in [9.17, 15) is 4.79 Å². The van der Waals surface area contributed by atoms with Crippen LogP contribution in [-0.4, -0.2) is 23.9 Å². The van der Waals surface area contributed by atoms with Crippen molar-refractivity contribution in [3.8, 4) is 0 Å². The summed E-state index contributed by atoms with van der Waals surface area (Å²) >= 11 is 0. The van der Waals surface area contributed by atoms with Crippen LogP contribution in [0.4, 0.5) is 0 Å². The van der Waals surface area contributed by atoms with E-state index in [1.807, 2.05) is 44.3 Å². The zero-order valence-corrected chi connectivity index (χ0v) is 11.8. The van der Waals surface area contributed by atoms with E-state index in [2.05, 4.69) is 13.8 Å². The highest BCUT2D eigenvalue weighted by atomic mass is 16.2. The second kappa shape index (κ2) is 6.55. The summed E-state index contributed by atoms with van der Waals surface area (Å²) in [5.74, 6) is 0.449. The maximum absolute atomic E-state index is 12.2. The smallest absolute Gasteiger partial charge is 0.239 e. The van der Waals surface area contributed by atoms with Crippen LogP contribution >= 0.6 is 0 Å². The van der Waals surface area contributed by atoms with Crippen molar-refractivity contribution in [3.63, 3.8) is 0 Å². The Kier molecular flexibility index (Phi) is 5.35. The molecule has 0 aliphatic rings. The molecule has 18 heavy (non-hydrogen) atoms. The van der Waals surface area contributed by atoms with Crippen molar-refractivity contribution < 1.29 is 4.79 Å². The number of hydrogen-bond donors (Lipinski definition) is 1. The molecule has 0 aromatic heterocycles. The molecule has 0 fully saturated rings. The number of hydrogen-bond acceptors (Lipinski definition) is 2. The summed E-state index contributed by atoms with van der Waals surface area (Å²) in [4.78, 5) is 13.9. The van der Waals surface area contributed by atoms with Crippen LogP contribution in [0.3, 0.4) is 0 Å². The third kappa shape index (κ3) is 3.84. The SMILES string of the molecule is CC(C)C[C@H](N)C(=O)N(C)C(C)c1ccccc1. The third-order valence-electron chi connectivity index (χ3n) is 3.25. The largest absolute Gasteiger partial charge is 0.338 e. The minimum absolute atomic E-state index is 0.0139. The molecule has 0 saturated carbocycles. The lowest BCUT2D eigenvalue weighted by Gasteiger charge is -2.28. The molecule has 1 rings (SSSR count). The van der Waals surface area contributed by atoms with Gasteiger partial charge >= 0.3 is 0 Å². The van der Waals surface area contributed by atoms with Gasteiger partial charge in [-0.05, 0) is 24.8 Å². The molecule has 1 aromatic rings. The van der Waals surface area contributed by atoms with Gasteiger partial charge in [-0.25, -0.2) is 0 Å². The van der Waals surface area contributed by atoms with Crippen molar-refractivity contribution in [2.45, 2.75) is 39.3 Å². The fourth-order valence-electron chi connectivity index (χ4n) is 2.02. The molecule has 0 bridgehead atoms. The summed E-state index contributed by atoms with van der Waals surface area (Å²) in [6.45, 7) is 6.18. The van der Waals surface area contributed by atoms with Crippen molar-refractivity contribution in [2.24, 2.45) is 11.7 Å². The summed E-state index contributed by atoms with van der Waals surface area (Å²) in [7, 11) is 1.82. The average Bonchev–Trinajstić information content (AvgIpc) is 2.36. The van der Waals surface area contributed by atoms with Crippen molar-refractivity contribution >= 4 is 5.91 Å². The summed E-state index contributed by atoms with van der Waals surface area (Å²) < 4.78 is 0. The van der Waals surface area contributed by atoms with Crippen LogP contribution < -0.4 is 5.73 Å². The van der Waals surface area contributed by atoms with Gasteiger partial charge < -0.3 is 10.6 Å². The normalized spacial score (nSPS) is 14.3. The topological polar surface area (TPSA) is 46.3 Å². The van der Waals surface area contributed by atoms with Crippen molar-refractivity contribution in [3.05, 3.63) is 35.9 Å². The minimum Gasteiger partial charge on any atom is -0.338 e. The molecular weight excluding hydrogens is 224 g/mol. The first-order chi connectivity index (χ1) is 8.43. The fourth-order valence-corrected chi connectivity index (χ4v) is 2.02. The number of carbonyl (C=O) groups is 1. The second-order valence-electron chi connectivity index (χ2n) is 5.27. The molecule has 3 nitrogen and oxygen atoms in total. The predicted octanol–water partition coefficient (Wildman–Crippen LogP) is 2.58. The fraction of sp³-hybridized carbons (Fsp3) is 0.533. The number of nitrogens with two attached hydrogens (primary N) is 1. The highest BCUT2D eigenvalue weighted by Gasteiger charge is 2.23. The lowest BCUT2D eigenvalue weighted by atomic mass is 10.0. The number of amides is 1. The summed E-state index contributed by atoms with van der Waals surface area (Å²) in [5, 5.41) is 0. The zero-order valence-electron chi connectivity index (χ0n) is 11.8. The first kappa shape index (κ1) is 14.7. The number of nitrogens with zero attached hydrogens (tertiary/aromatic N) is 1. The molecule has 0 heterocycles. The van der Waals surface area contributed by atoms with Crippen LogP contribution in [0.15, 0.2) is 30.3 Å². The van der Waals surface area contributed by atoms with Crippen LogP contribution in [-0.2, 0) is 4.79 Å². The maximum atomic E-state index is 12.2. The van der Waals surface area contributed by atoms with Gasteiger partial charge in [-0.3, -0.25) is 4.79 Å². The third-order valence-corrected chi connectivity index (χ3v) is 3.25. The first-order valence-electron chi connectivity index (χ1n) is 6.50. The van der Waals surface area contributed by atoms with E-state index in [1.165, 1.54) is 0 Å². The molecule has 1 amide bonds. The van der Waals surface area contributed by atoms with Gasteiger partial charge in [-0.15, -0.1) is 0 Å². The van der Waals surface area contributed by atoms with Crippen molar-refractivity contribution in [1.82, 2.24) is 4.90 Å². The highest BCUT2D eigenvalue weighted by molar-refractivity contribution is 5.81. The Bertz CT molecular complexity index is 375. The Labute approximate surface area is 110 Å². The Hall–Kier alpha value is -1.35. The van der Waals surface area contributed by atoms with Crippen molar-refractivity contribution in [1.29, 1.82) is 0 Å². The lowest BCUT2D eigenvalue weighted by Crippen LogP contribution is -2.43. The van der Waals surface area contributed by atoms with Crippen LogP contribution in [0.25, 0.3) is 0 Å². The van der Waals surface area contributed by atoms with Crippen LogP contribution in [0.5, 0.6) is 0 Å². The van der Waals surface area contributed by atoms with Gasteiger partial charge in [0.1, 0.15) is 0 Å². The van der Waals surface area contributed by atoms with Gasteiger partial charge in [-0.1, -0.05) is 44.2 Å². The Morgan fingerprint density at radius 3 is 2.28 bits per heavy atom. The highest BCUT2D eigenvalue weighted by Crippen LogP contribution is 2.19. The quantitative estimate of drug-likeness (QED) is 0.870. The number of rotatable bonds is 5. The Morgan fingerprint density at radius 1 is 1.22 bits per heavy atom. The van der Waals surface area contributed by atoms with Gasteiger partial charge in [0.2, 0.25) is 5.91 Å². The average molecular weight is 248 g/mol. The molecule has 2 atom stereocenters. The summed E-state index contributed by atoms with van der Waals surface area (Å²) in [6.07, 6.45) is 0.727. The monoisotopic (exact) mass is 248 g/mol. The zero-order chi connectivity index (χ0) is 13.7. The van der Waals surface area contributed by atoms with E-state index in [0.29, 0.717) is 5.92 Å². The van der Waals surface area contributed by atoms with Crippen LogP contribution in [0, 0.1) is 5.92 Å². The Balaban J connectivity index is 2.69. The van der Waals surface area contributed by atoms with E-state index < -0.39 is 6.04 Å². The molecule has 100 valence electrons. The lowest BCUT2D eigenvalue weighted by molar-refractivity contribution is -0.133. The predicted molar refractivity (Wildman–Crippen MR) is 75.1 cm³/mol. The maximum Gasteiger partial charge on any atom is 0.239 e.